The van der Waals surface area contributed by atoms with Crippen LogP contribution in [0.5, 0.6) is 0 Å². The van der Waals surface area contributed by atoms with E-state index in [-0.39, 0.29) is 0 Å². The minimum Gasteiger partial charge on any atom is -0.461 e. The second-order valence-corrected chi connectivity index (χ2v) is 4.61. The average Bonchev–Trinajstić information content (AvgIpc) is 3.15. The number of hydrogen-bond acceptors (Lipinski definition) is 5. The first-order chi connectivity index (χ1) is 10.3. The smallest absolute Gasteiger partial charge is 0.220 e. The molecule has 1 aromatic carbocycles. The third-order valence-corrected chi connectivity index (χ3v) is 3.19. The lowest BCUT2D eigenvalue weighted by Gasteiger charge is -2.03. The maximum atomic E-state index is 5.82. The molecule has 4 rings (SSSR count). The van der Waals surface area contributed by atoms with Crippen LogP contribution in [0.2, 0.25) is 0 Å². The number of nitrogens with zero attached hydrogens (tertiary/aromatic N) is 4. The third kappa shape index (κ3) is 1.93. The van der Waals surface area contributed by atoms with Crippen molar-refractivity contribution < 1.29 is 4.42 Å². The number of nitrogens with two attached hydrogens (primary N) is 1. The molecule has 0 saturated carbocycles. The van der Waals surface area contributed by atoms with Crippen LogP contribution in [-0.2, 0) is 0 Å². The predicted octanol–water partition coefficient (Wildman–Crippen LogP) is 2.63. The summed E-state index contributed by atoms with van der Waals surface area (Å²) in [7, 11) is 0. The van der Waals surface area contributed by atoms with Crippen LogP contribution in [0, 0.1) is 0 Å². The Morgan fingerprint density at radius 3 is 2.76 bits per heavy atom. The summed E-state index contributed by atoms with van der Waals surface area (Å²) < 4.78 is 7.03. The van der Waals surface area contributed by atoms with Gasteiger partial charge in [0.1, 0.15) is 0 Å². The predicted molar refractivity (Wildman–Crippen MR) is 78.3 cm³/mol. The van der Waals surface area contributed by atoms with Crippen molar-refractivity contribution >= 4 is 11.3 Å². The molecule has 4 aromatic rings. The summed E-state index contributed by atoms with van der Waals surface area (Å²) in [4.78, 5) is 0. The largest absolute Gasteiger partial charge is 0.461 e. The highest BCUT2D eigenvalue weighted by atomic mass is 16.3. The molecule has 0 aliphatic rings. The second-order valence-electron chi connectivity index (χ2n) is 4.61. The molecule has 21 heavy (non-hydrogen) atoms. The number of fused-ring (bicyclic) bond motifs is 1. The van der Waals surface area contributed by atoms with Crippen molar-refractivity contribution in [3.63, 3.8) is 0 Å². The molecular formula is C15H11N5O. The van der Waals surface area contributed by atoms with Crippen molar-refractivity contribution in [1.29, 1.82) is 0 Å². The molecule has 0 saturated heterocycles. The zero-order valence-corrected chi connectivity index (χ0v) is 11.0. The molecule has 0 radical (unpaired) electrons. The van der Waals surface area contributed by atoms with Crippen molar-refractivity contribution in [2.75, 3.05) is 5.73 Å². The summed E-state index contributed by atoms with van der Waals surface area (Å²) in [6.07, 6.45) is 1.60. The van der Waals surface area contributed by atoms with Crippen LogP contribution in [0.4, 0.5) is 5.69 Å². The summed E-state index contributed by atoms with van der Waals surface area (Å²) in [5.41, 5.74) is 8.92. The van der Waals surface area contributed by atoms with Crippen LogP contribution in [0.25, 0.3) is 28.5 Å². The van der Waals surface area contributed by atoms with E-state index in [2.05, 4.69) is 15.3 Å². The van der Waals surface area contributed by atoms with Crippen LogP contribution in [0.1, 0.15) is 0 Å². The quantitative estimate of drug-likeness (QED) is 0.569. The fraction of sp³-hybridized carbons (Fsp3) is 0. The average molecular weight is 277 g/mol. The molecule has 0 unspecified atom stereocenters. The van der Waals surface area contributed by atoms with E-state index in [0.29, 0.717) is 22.9 Å². The summed E-state index contributed by atoms with van der Waals surface area (Å²) in [5, 5.41) is 12.8. The number of benzene rings is 1. The SMILES string of the molecule is Nc1cccc(-c2ccc3nnc(-c4ccco4)n3n2)c1. The zero-order chi connectivity index (χ0) is 14.2. The van der Waals surface area contributed by atoms with Crippen molar-refractivity contribution in [2.45, 2.75) is 0 Å². The maximum absolute atomic E-state index is 5.82. The van der Waals surface area contributed by atoms with Crippen LogP contribution in [0.15, 0.2) is 59.2 Å². The Kier molecular flexibility index (Phi) is 2.47. The van der Waals surface area contributed by atoms with Crippen LogP contribution >= 0.6 is 0 Å². The van der Waals surface area contributed by atoms with E-state index < -0.39 is 0 Å². The van der Waals surface area contributed by atoms with Gasteiger partial charge in [0, 0.05) is 11.3 Å². The Labute approximate surface area is 119 Å². The Bertz CT molecular complexity index is 911. The first kappa shape index (κ1) is 11.7. The van der Waals surface area contributed by atoms with Crippen molar-refractivity contribution in [1.82, 2.24) is 19.8 Å². The van der Waals surface area contributed by atoms with E-state index in [1.54, 1.807) is 16.8 Å². The first-order valence-electron chi connectivity index (χ1n) is 6.43. The minimum absolute atomic E-state index is 0.570. The topological polar surface area (TPSA) is 82.2 Å². The van der Waals surface area contributed by atoms with E-state index in [1.165, 1.54) is 0 Å². The number of hydrogen-bond donors (Lipinski definition) is 1. The van der Waals surface area contributed by atoms with Gasteiger partial charge in [0.05, 0.1) is 12.0 Å². The minimum atomic E-state index is 0.570. The highest BCUT2D eigenvalue weighted by Gasteiger charge is 2.12. The number of furan rings is 1. The summed E-state index contributed by atoms with van der Waals surface area (Å²) in [5.74, 6) is 1.19. The standard InChI is InChI=1S/C15H11N5O/c16-11-4-1-3-10(9-11)12-6-7-14-17-18-15(20(14)19-12)13-5-2-8-21-13/h1-9H,16H2. The fourth-order valence-electron chi connectivity index (χ4n) is 2.20. The molecule has 6 heteroatoms. The molecule has 0 spiro atoms. The Hall–Kier alpha value is -3.15. The maximum Gasteiger partial charge on any atom is 0.220 e. The highest BCUT2D eigenvalue weighted by molar-refractivity contribution is 5.65. The Morgan fingerprint density at radius 2 is 1.95 bits per heavy atom. The van der Waals surface area contributed by atoms with E-state index >= 15 is 0 Å². The molecule has 6 nitrogen and oxygen atoms in total. The Balaban J connectivity index is 1.91. The lowest BCUT2D eigenvalue weighted by atomic mass is 10.1. The summed E-state index contributed by atoms with van der Waals surface area (Å²) >= 11 is 0. The zero-order valence-electron chi connectivity index (χ0n) is 11.0. The van der Waals surface area contributed by atoms with Crippen molar-refractivity contribution in [2.24, 2.45) is 0 Å². The molecule has 3 heterocycles. The van der Waals surface area contributed by atoms with Gasteiger partial charge in [-0.3, -0.25) is 0 Å². The molecule has 0 aliphatic carbocycles. The van der Waals surface area contributed by atoms with Gasteiger partial charge in [-0.2, -0.15) is 9.61 Å². The number of anilines is 1. The van der Waals surface area contributed by atoms with Gasteiger partial charge in [0.25, 0.3) is 0 Å². The summed E-state index contributed by atoms with van der Waals surface area (Å²) in [6.45, 7) is 0. The van der Waals surface area contributed by atoms with E-state index in [4.69, 9.17) is 10.2 Å². The van der Waals surface area contributed by atoms with Crippen molar-refractivity contribution in [3.05, 3.63) is 54.8 Å². The van der Waals surface area contributed by atoms with Gasteiger partial charge >= 0.3 is 0 Å². The van der Waals surface area contributed by atoms with E-state index in [9.17, 15) is 0 Å². The third-order valence-electron chi connectivity index (χ3n) is 3.19. The van der Waals surface area contributed by atoms with Gasteiger partial charge in [-0.1, -0.05) is 12.1 Å². The second kappa shape index (κ2) is 4.45. The normalized spacial score (nSPS) is 11.0. The van der Waals surface area contributed by atoms with Gasteiger partial charge in [0.15, 0.2) is 11.4 Å². The van der Waals surface area contributed by atoms with Gasteiger partial charge in [-0.15, -0.1) is 10.2 Å². The molecule has 0 fully saturated rings. The van der Waals surface area contributed by atoms with Crippen LogP contribution < -0.4 is 5.73 Å². The van der Waals surface area contributed by atoms with E-state index in [0.717, 1.165) is 11.3 Å². The number of rotatable bonds is 2. The van der Waals surface area contributed by atoms with Gasteiger partial charge < -0.3 is 10.2 Å². The Morgan fingerprint density at radius 1 is 1.00 bits per heavy atom. The summed E-state index contributed by atoms with van der Waals surface area (Å²) in [6, 6.07) is 15.0. The van der Waals surface area contributed by atoms with Crippen LogP contribution in [0.3, 0.4) is 0 Å². The number of nitrogen functional groups attached to an aromatic ring is 1. The molecule has 2 N–H and O–H groups in total. The molecule has 102 valence electrons. The molecule has 0 aliphatic heterocycles. The van der Waals surface area contributed by atoms with Gasteiger partial charge in [0.2, 0.25) is 5.82 Å². The fourth-order valence-corrected chi connectivity index (χ4v) is 2.20. The molecule has 3 aromatic heterocycles. The van der Waals surface area contributed by atoms with Gasteiger partial charge in [-0.05, 0) is 36.4 Å². The molecule has 0 bridgehead atoms. The molecule has 0 amide bonds. The monoisotopic (exact) mass is 277 g/mol. The van der Waals surface area contributed by atoms with Gasteiger partial charge in [-0.25, -0.2) is 0 Å². The van der Waals surface area contributed by atoms with Crippen molar-refractivity contribution in [3.8, 4) is 22.8 Å². The number of aromatic nitrogens is 4. The van der Waals surface area contributed by atoms with E-state index in [1.807, 2.05) is 42.5 Å². The highest BCUT2D eigenvalue weighted by Crippen LogP contribution is 2.22. The molecular weight excluding hydrogens is 266 g/mol. The lowest BCUT2D eigenvalue weighted by Crippen LogP contribution is -1.97. The molecule has 0 atom stereocenters. The lowest BCUT2D eigenvalue weighted by molar-refractivity contribution is 0.574. The first-order valence-corrected chi connectivity index (χ1v) is 6.43. The van der Waals surface area contributed by atoms with Crippen LogP contribution in [-0.4, -0.2) is 19.8 Å².